The largest absolute Gasteiger partial charge is 0.381 e. The molecule has 36 heavy (non-hydrogen) atoms. The van der Waals surface area contributed by atoms with Gasteiger partial charge < -0.3 is 16.4 Å². The van der Waals surface area contributed by atoms with Crippen molar-refractivity contribution in [2.45, 2.75) is 39.2 Å². The van der Waals surface area contributed by atoms with Crippen molar-refractivity contribution in [1.29, 1.82) is 0 Å². The molecule has 1 saturated heterocycles. The number of hydrogen-bond donors (Lipinski definition) is 2. The lowest BCUT2D eigenvalue weighted by molar-refractivity contribution is 0.505. The topological polar surface area (TPSA) is 98.4 Å². The second-order valence-corrected chi connectivity index (χ2v) is 9.01. The Bertz CT molecular complexity index is 1480. The van der Waals surface area contributed by atoms with Gasteiger partial charge in [-0.3, -0.25) is 9.38 Å². The first-order chi connectivity index (χ1) is 17.7. The number of hydrogen-bond acceptors (Lipinski definition) is 6. The highest BCUT2D eigenvalue weighted by molar-refractivity contribution is 5.96. The minimum absolute atomic E-state index is 0.181. The van der Waals surface area contributed by atoms with Crippen LogP contribution in [-0.2, 0) is 6.42 Å². The van der Waals surface area contributed by atoms with E-state index in [-0.39, 0.29) is 6.04 Å². The molecule has 7 nitrogen and oxygen atoms in total. The molecule has 7 heteroatoms. The van der Waals surface area contributed by atoms with Gasteiger partial charge in [0.15, 0.2) is 11.5 Å². The average Bonchev–Trinajstić information content (AvgIpc) is 3.33. The van der Waals surface area contributed by atoms with Crippen LogP contribution < -0.4 is 16.4 Å². The molecular formula is C29H33N7. The summed E-state index contributed by atoms with van der Waals surface area (Å²) < 4.78 is 2.02. The third-order valence-electron chi connectivity index (χ3n) is 6.73. The Morgan fingerprint density at radius 2 is 1.83 bits per heavy atom. The Balaban J connectivity index is 0.00000130. The first-order valence-electron chi connectivity index (χ1n) is 12.7. The zero-order valence-electron chi connectivity index (χ0n) is 20.9. The van der Waals surface area contributed by atoms with Crippen LogP contribution in [0, 0.1) is 0 Å². The molecule has 5 aromatic rings. The second-order valence-electron chi connectivity index (χ2n) is 9.01. The summed E-state index contributed by atoms with van der Waals surface area (Å²) in [6.07, 6.45) is 10.4. The van der Waals surface area contributed by atoms with Crippen LogP contribution in [0.1, 0.15) is 37.9 Å². The molecule has 1 aliphatic rings. The number of rotatable bonds is 4. The van der Waals surface area contributed by atoms with Crippen molar-refractivity contribution in [3.63, 3.8) is 0 Å². The van der Waals surface area contributed by atoms with Gasteiger partial charge in [0, 0.05) is 55.4 Å². The number of nitrogens with two attached hydrogens (primary N) is 2. The first kappa shape index (κ1) is 23.8. The van der Waals surface area contributed by atoms with E-state index in [1.165, 1.54) is 16.3 Å². The van der Waals surface area contributed by atoms with Gasteiger partial charge in [-0.1, -0.05) is 56.3 Å². The third-order valence-corrected chi connectivity index (χ3v) is 6.73. The van der Waals surface area contributed by atoms with Gasteiger partial charge in [-0.05, 0) is 35.2 Å². The molecule has 0 aliphatic carbocycles. The van der Waals surface area contributed by atoms with Crippen LogP contribution in [0.3, 0.4) is 0 Å². The molecule has 2 aromatic carbocycles. The average molecular weight is 480 g/mol. The molecule has 1 fully saturated rings. The van der Waals surface area contributed by atoms with E-state index in [1.54, 1.807) is 6.20 Å². The highest BCUT2D eigenvalue weighted by atomic mass is 15.2. The van der Waals surface area contributed by atoms with Crippen LogP contribution in [0.15, 0.2) is 73.3 Å². The number of fused-ring (bicyclic) bond motifs is 2. The second kappa shape index (κ2) is 10.3. The Morgan fingerprint density at radius 1 is 1.00 bits per heavy atom. The van der Waals surface area contributed by atoms with E-state index in [4.69, 9.17) is 16.5 Å². The third kappa shape index (κ3) is 4.50. The number of pyridine rings is 1. The van der Waals surface area contributed by atoms with E-state index in [0.29, 0.717) is 17.9 Å². The summed E-state index contributed by atoms with van der Waals surface area (Å²) in [6, 6.07) is 17.2. The molecule has 1 aliphatic heterocycles. The number of piperidine rings is 1. The maximum absolute atomic E-state index is 6.33. The Morgan fingerprint density at radius 3 is 2.69 bits per heavy atom. The molecule has 6 rings (SSSR count). The fourth-order valence-corrected chi connectivity index (χ4v) is 5.06. The van der Waals surface area contributed by atoms with E-state index in [2.05, 4.69) is 63.4 Å². The van der Waals surface area contributed by atoms with Gasteiger partial charge in [0.05, 0.1) is 17.6 Å². The van der Waals surface area contributed by atoms with E-state index >= 15 is 0 Å². The van der Waals surface area contributed by atoms with Crippen molar-refractivity contribution >= 4 is 27.9 Å². The van der Waals surface area contributed by atoms with Crippen molar-refractivity contribution in [2.75, 3.05) is 23.7 Å². The molecule has 0 amide bonds. The van der Waals surface area contributed by atoms with Gasteiger partial charge in [0.2, 0.25) is 0 Å². The van der Waals surface area contributed by atoms with Gasteiger partial charge in [0.1, 0.15) is 0 Å². The molecule has 0 radical (unpaired) electrons. The minimum atomic E-state index is 0.181. The van der Waals surface area contributed by atoms with Crippen molar-refractivity contribution in [1.82, 2.24) is 19.4 Å². The Kier molecular flexibility index (Phi) is 6.82. The van der Waals surface area contributed by atoms with Crippen molar-refractivity contribution < 1.29 is 0 Å². The lowest BCUT2D eigenvalue weighted by Crippen LogP contribution is -2.43. The van der Waals surface area contributed by atoms with E-state index in [0.717, 1.165) is 48.6 Å². The van der Waals surface area contributed by atoms with Gasteiger partial charge in [-0.2, -0.15) is 0 Å². The fraction of sp³-hybridized carbons (Fsp3) is 0.276. The van der Waals surface area contributed by atoms with Crippen LogP contribution in [0.25, 0.3) is 27.7 Å². The quantitative estimate of drug-likeness (QED) is 0.373. The summed E-state index contributed by atoms with van der Waals surface area (Å²) in [5.41, 5.74) is 18.5. The van der Waals surface area contributed by atoms with Gasteiger partial charge in [-0.25, -0.2) is 9.97 Å². The van der Waals surface area contributed by atoms with E-state index < -0.39 is 0 Å². The van der Waals surface area contributed by atoms with Crippen molar-refractivity contribution in [3.05, 3.63) is 84.6 Å². The summed E-state index contributed by atoms with van der Waals surface area (Å²) >= 11 is 0. The predicted octanol–water partition coefficient (Wildman–Crippen LogP) is 5.07. The number of benzene rings is 2. The highest BCUT2D eigenvalue weighted by Crippen LogP contribution is 2.32. The molecule has 4 N–H and O–H groups in total. The minimum Gasteiger partial charge on any atom is -0.381 e. The van der Waals surface area contributed by atoms with E-state index in [1.807, 2.05) is 36.8 Å². The molecule has 4 heterocycles. The molecule has 3 aromatic heterocycles. The van der Waals surface area contributed by atoms with Gasteiger partial charge >= 0.3 is 0 Å². The number of nitrogens with zero attached hydrogens (tertiary/aromatic N) is 5. The van der Waals surface area contributed by atoms with Gasteiger partial charge in [0.25, 0.3) is 0 Å². The monoisotopic (exact) mass is 479 g/mol. The summed E-state index contributed by atoms with van der Waals surface area (Å²) in [6.45, 7) is 5.83. The zero-order chi connectivity index (χ0) is 25.1. The van der Waals surface area contributed by atoms with Crippen LogP contribution in [0.4, 0.5) is 11.5 Å². The van der Waals surface area contributed by atoms with Crippen LogP contribution in [0.5, 0.6) is 0 Å². The molecule has 0 saturated carbocycles. The number of anilines is 2. The van der Waals surface area contributed by atoms with Crippen LogP contribution >= 0.6 is 0 Å². The summed E-state index contributed by atoms with van der Waals surface area (Å²) in [7, 11) is 0. The number of imidazole rings is 1. The smallest absolute Gasteiger partial charge is 0.180 e. The van der Waals surface area contributed by atoms with E-state index in [9.17, 15) is 0 Å². The summed E-state index contributed by atoms with van der Waals surface area (Å²) in [4.78, 5) is 16.0. The lowest BCUT2D eigenvalue weighted by atomic mass is 9.98. The van der Waals surface area contributed by atoms with Crippen LogP contribution in [0.2, 0.25) is 0 Å². The number of nitrogen functional groups attached to an aromatic ring is 1. The maximum atomic E-state index is 6.33. The number of aromatic nitrogens is 4. The normalized spacial score (nSPS) is 15.6. The fourth-order valence-electron chi connectivity index (χ4n) is 5.06. The molecule has 1 atom stereocenters. The summed E-state index contributed by atoms with van der Waals surface area (Å²) in [5, 5.41) is 2.41. The maximum Gasteiger partial charge on any atom is 0.180 e. The molecule has 1 unspecified atom stereocenters. The van der Waals surface area contributed by atoms with Crippen LogP contribution in [-0.4, -0.2) is 38.5 Å². The highest BCUT2D eigenvalue weighted by Gasteiger charge is 2.21. The van der Waals surface area contributed by atoms with Crippen molar-refractivity contribution in [3.8, 4) is 11.3 Å². The van der Waals surface area contributed by atoms with Gasteiger partial charge in [-0.15, -0.1) is 0 Å². The molecule has 0 spiro atoms. The lowest BCUT2D eigenvalue weighted by Gasteiger charge is -2.34. The zero-order valence-corrected chi connectivity index (χ0v) is 20.9. The molecule has 0 bridgehead atoms. The summed E-state index contributed by atoms with van der Waals surface area (Å²) in [5.74, 6) is 0.433. The predicted molar refractivity (Wildman–Crippen MR) is 148 cm³/mol. The molecular weight excluding hydrogens is 446 g/mol. The first-order valence-corrected chi connectivity index (χ1v) is 12.7. The Labute approximate surface area is 211 Å². The standard InChI is InChI=1S/C27H27N7.C2H6/c28-20-7-4-11-33(17-20)25-16-31-24(23-9-3-6-18-5-1-2-8-22(18)23)14-19(25)13-21-15-32-27-26(29)30-10-12-34(21)27;1-2/h1-3,5-6,8-10,12,14-16,20H,4,7,11,13,17,28H2,(H2,29,30);1-2H3. The molecule has 184 valence electrons. The SMILES string of the molecule is CC.Nc1nccn2c(Cc3cc(-c4cccc5ccccc45)ncc3N3CCCC(N)C3)cnc12. The van der Waals surface area contributed by atoms with Crippen molar-refractivity contribution in [2.24, 2.45) is 5.73 Å². The Hall–Kier alpha value is -3.97.